The van der Waals surface area contributed by atoms with Crippen LogP contribution in [0.3, 0.4) is 0 Å². The van der Waals surface area contributed by atoms with Gasteiger partial charge in [-0.25, -0.2) is 0 Å². The minimum Gasteiger partial charge on any atom is -0.456 e. The first-order valence-corrected chi connectivity index (χ1v) is 12.4. The smallest absolute Gasteiger partial charge is 0.137 e. The monoisotopic (exact) mass is 457 g/mol. The Bertz CT molecular complexity index is 2370. The van der Waals surface area contributed by atoms with Gasteiger partial charge in [0, 0.05) is 50.0 Å². The minimum atomic E-state index is 0.923. The van der Waals surface area contributed by atoms with E-state index in [0.717, 1.165) is 21.9 Å². The molecule has 9 rings (SSSR count). The lowest BCUT2D eigenvalue weighted by Gasteiger charge is -2.16. The van der Waals surface area contributed by atoms with Gasteiger partial charge in [-0.05, 0) is 33.7 Å². The Morgan fingerprint density at radius 3 is 1.83 bits per heavy atom. The van der Waals surface area contributed by atoms with Crippen LogP contribution in [0.15, 0.2) is 120 Å². The highest BCUT2D eigenvalue weighted by atomic mass is 16.3. The number of rotatable bonds is 0. The summed E-state index contributed by atoms with van der Waals surface area (Å²) in [5.41, 5.74) is 4.27. The number of aromatic nitrogens is 1. The molecule has 0 aliphatic rings. The molecular formula is C34H19NO. The zero-order chi connectivity index (χ0) is 23.4. The van der Waals surface area contributed by atoms with Crippen molar-refractivity contribution in [3.8, 4) is 0 Å². The molecule has 0 aliphatic heterocycles. The Hall–Kier alpha value is -4.82. The van der Waals surface area contributed by atoms with Gasteiger partial charge in [0.25, 0.3) is 0 Å². The van der Waals surface area contributed by atoms with E-state index in [1.54, 1.807) is 0 Å². The van der Waals surface area contributed by atoms with Gasteiger partial charge in [-0.3, -0.25) is 0 Å². The van der Waals surface area contributed by atoms with Gasteiger partial charge in [-0.1, -0.05) is 91.0 Å². The van der Waals surface area contributed by atoms with Crippen LogP contribution in [0.1, 0.15) is 0 Å². The quantitative estimate of drug-likeness (QED) is 0.207. The normalized spacial score (nSPS) is 12.4. The Labute approximate surface area is 205 Å². The van der Waals surface area contributed by atoms with Gasteiger partial charge in [-0.15, -0.1) is 0 Å². The molecule has 9 aromatic rings. The lowest BCUT2D eigenvalue weighted by molar-refractivity contribution is 0.669. The molecule has 0 unspecified atom stereocenters. The summed E-state index contributed by atoms with van der Waals surface area (Å²) in [6.45, 7) is 0. The summed E-state index contributed by atoms with van der Waals surface area (Å²) in [4.78, 5) is 0. The second-order valence-electron chi connectivity index (χ2n) is 9.74. The number of hydrogen-bond acceptors (Lipinski definition) is 1. The summed E-state index contributed by atoms with van der Waals surface area (Å²) < 4.78 is 8.73. The maximum atomic E-state index is 6.34. The van der Waals surface area contributed by atoms with Gasteiger partial charge >= 0.3 is 0 Å². The molecule has 0 bridgehead atoms. The minimum absolute atomic E-state index is 0.923. The molecule has 3 heterocycles. The lowest BCUT2D eigenvalue weighted by atomic mass is 9.91. The van der Waals surface area contributed by atoms with Crippen LogP contribution in [0, 0.1) is 0 Å². The van der Waals surface area contributed by atoms with E-state index < -0.39 is 0 Å². The van der Waals surface area contributed by atoms with Gasteiger partial charge in [0.15, 0.2) is 0 Å². The molecule has 0 saturated heterocycles. The fraction of sp³-hybridized carbons (Fsp3) is 0. The third-order valence-electron chi connectivity index (χ3n) is 7.92. The van der Waals surface area contributed by atoms with Crippen molar-refractivity contribution in [2.75, 3.05) is 0 Å². The van der Waals surface area contributed by atoms with Crippen LogP contribution in [0.4, 0.5) is 0 Å². The molecule has 2 nitrogen and oxygen atoms in total. The van der Waals surface area contributed by atoms with Gasteiger partial charge in [-0.2, -0.15) is 0 Å². The number of pyridine rings is 1. The van der Waals surface area contributed by atoms with Crippen molar-refractivity contribution < 1.29 is 4.42 Å². The number of benzene rings is 6. The van der Waals surface area contributed by atoms with Crippen LogP contribution >= 0.6 is 0 Å². The van der Waals surface area contributed by atoms with Gasteiger partial charge in [0.05, 0.1) is 11.0 Å². The van der Waals surface area contributed by atoms with Crippen molar-refractivity contribution >= 4 is 81.4 Å². The van der Waals surface area contributed by atoms with E-state index in [-0.39, 0.29) is 0 Å². The largest absolute Gasteiger partial charge is 0.456 e. The average molecular weight is 458 g/mol. The van der Waals surface area contributed by atoms with E-state index in [2.05, 4.69) is 114 Å². The predicted octanol–water partition coefficient (Wildman–Crippen LogP) is 9.60. The molecule has 0 saturated carbocycles. The number of hydrogen-bond donors (Lipinski definition) is 0. The standard InChI is InChI=1S/C34H19NO/c1-2-10-21-20(9-1)19-35-29-18-31-27(24-13-7-8-16-30(24)36-31)17-28(29)32-25-14-5-3-11-22(25)23-12-4-6-15-26(23)33(32)34(21)35/h1-19H. The summed E-state index contributed by atoms with van der Waals surface area (Å²) >= 11 is 0. The fourth-order valence-corrected chi connectivity index (χ4v) is 6.43. The third kappa shape index (κ3) is 2.18. The van der Waals surface area contributed by atoms with E-state index in [1.807, 2.05) is 6.07 Å². The molecule has 36 heavy (non-hydrogen) atoms. The fourth-order valence-electron chi connectivity index (χ4n) is 6.43. The Morgan fingerprint density at radius 1 is 0.444 bits per heavy atom. The average Bonchev–Trinajstić information content (AvgIpc) is 3.50. The first-order valence-electron chi connectivity index (χ1n) is 12.4. The van der Waals surface area contributed by atoms with Crippen LogP contribution in [-0.2, 0) is 0 Å². The predicted molar refractivity (Wildman–Crippen MR) is 152 cm³/mol. The molecule has 0 atom stereocenters. The highest BCUT2D eigenvalue weighted by Crippen LogP contribution is 2.45. The molecule has 166 valence electrons. The van der Waals surface area contributed by atoms with Crippen molar-refractivity contribution in [1.29, 1.82) is 0 Å². The SMILES string of the molecule is c1ccc2c(c1)cn1c3cc4oc5ccccc5c4cc3c3c4ccccc4c4ccccc4c3c21. The van der Waals surface area contributed by atoms with Crippen LogP contribution in [-0.4, -0.2) is 4.40 Å². The molecule has 6 aromatic carbocycles. The zero-order valence-electron chi connectivity index (χ0n) is 19.3. The summed E-state index contributed by atoms with van der Waals surface area (Å²) in [6.07, 6.45) is 2.28. The molecule has 0 radical (unpaired) electrons. The summed E-state index contributed by atoms with van der Waals surface area (Å²) in [7, 11) is 0. The number of para-hydroxylation sites is 1. The van der Waals surface area contributed by atoms with Crippen molar-refractivity contribution in [2.24, 2.45) is 0 Å². The summed E-state index contributed by atoms with van der Waals surface area (Å²) in [5.74, 6) is 0. The highest BCUT2D eigenvalue weighted by molar-refractivity contribution is 6.37. The molecule has 0 N–H and O–H groups in total. The molecule has 0 amide bonds. The van der Waals surface area contributed by atoms with E-state index in [1.165, 1.54) is 59.5 Å². The van der Waals surface area contributed by atoms with Crippen LogP contribution in [0.5, 0.6) is 0 Å². The molecular weight excluding hydrogens is 438 g/mol. The summed E-state index contributed by atoms with van der Waals surface area (Å²) in [6, 6.07) is 39.4. The van der Waals surface area contributed by atoms with Gasteiger partial charge in [0.1, 0.15) is 11.2 Å². The van der Waals surface area contributed by atoms with E-state index in [4.69, 9.17) is 4.42 Å². The van der Waals surface area contributed by atoms with Gasteiger partial charge in [0.2, 0.25) is 0 Å². The van der Waals surface area contributed by atoms with Crippen molar-refractivity contribution in [3.05, 3.63) is 115 Å². The maximum absolute atomic E-state index is 6.34. The summed E-state index contributed by atoms with van der Waals surface area (Å²) in [5, 5.41) is 13.9. The second-order valence-corrected chi connectivity index (χ2v) is 9.74. The van der Waals surface area contributed by atoms with Crippen LogP contribution in [0.2, 0.25) is 0 Å². The van der Waals surface area contributed by atoms with E-state index in [9.17, 15) is 0 Å². The first kappa shape index (κ1) is 18.5. The Morgan fingerprint density at radius 2 is 1.06 bits per heavy atom. The molecule has 2 heteroatoms. The van der Waals surface area contributed by atoms with E-state index in [0.29, 0.717) is 0 Å². The third-order valence-corrected chi connectivity index (χ3v) is 7.92. The highest BCUT2D eigenvalue weighted by Gasteiger charge is 2.19. The first-order chi connectivity index (χ1) is 17.9. The van der Waals surface area contributed by atoms with Crippen LogP contribution < -0.4 is 0 Å². The van der Waals surface area contributed by atoms with Crippen molar-refractivity contribution in [2.45, 2.75) is 0 Å². The second kappa shape index (κ2) is 6.44. The lowest BCUT2D eigenvalue weighted by Crippen LogP contribution is -1.92. The molecule has 0 aliphatic carbocycles. The van der Waals surface area contributed by atoms with Gasteiger partial charge < -0.3 is 8.82 Å². The Kier molecular flexibility index (Phi) is 3.31. The maximum Gasteiger partial charge on any atom is 0.137 e. The molecule has 0 fully saturated rings. The number of nitrogens with zero attached hydrogens (tertiary/aromatic N) is 1. The van der Waals surface area contributed by atoms with Crippen LogP contribution in [0.25, 0.3) is 81.4 Å². The Balaban J connectivity index is 1.71. The van der Waals surface area contributed by atoms with E-state index >= 15 is 0 Å². The molecule has 3 aromatic heterocycles. The van der Waals surface area contributed by atoms with Crippen molar-refractivity contribution in [3.63, 3.8) is 0 Å². The number of furan rings is 1. The van der Waals surface area contributed by atoms with Crippen molar-refractivity contribution in [1.82, 2.24) is 4.40 Å². The zero-order valence-corrected chi connectivity index (χ0v) is 19.3. The molecule has 0 spiro atoms. The number of fused-ring (bicyclic) bond motifs is 16. The topological polar surface area (TPSA) is 17.6 Å².